The Balaban J connectivity index is 2.36. The molecule has 3 aromatic heterocycles. The molecule has 0 aliphatic heterocycles. The van der Waals surface area contributed by atoms with E-state index in [0.717, 1.165) is 0 Å². The van der Waals surface area contributed by atoms with Crippen molar-refractivity contribution in [2.75, 3.05) is 6.61 Å². The Hall–Kier alpha value is -2.70. The average Bonchev–Trinajstić information content (AvgIpc) is 2.83. The van der Waals surface area contributed by atoms with E-state index in [1.54, 1.807) is 23.6 Å². The molecule has 0 amide bonds. The van der Waals surface area contributed by atoms with Gasteiger partial charge in [-0.1, -0.05) is 0 Å². The number of ether oxygens (including phenoxy) is 1. The fourth-order valence-electron chi connectivity index (χ4n) is 1.94. The molecule has 7 heteroatoms. The van der Waals surface area contributed by atoms with Crippen LogP contribution in [0.3, 0.4) is 0 Å². The van der Waals surface area contributed by atoms with Gasteiger partial charge in [0.15, 0.2) is 11.3 Å². The Morgan fingerprint density at radius 3 is 3.16 bits per heavy atom. The molecule has 3 rings (SSSR count). The number of imidazole rings is 1. The van der Waals surface area contributed by atoms with E-state index in [2.05, 4.69) is 15.0 Å². The van der Waals surface area contributed by atoms with Gasteiger partial charge in [0.1, 0.15) is 6.33 Å². The van der Waals surface area contributed by atoms with Gasteiger partial charge in [0.25, 0.3) is 5.56 Å². The normalized spacial score (nSPS) is 11.0. The summed E-state index contributed by atoms with van der Waals surface area (Å²) in [6.07, 6.45) is 4.54. The van der Waals surface area contributed by atoms with E-state index in [9.17, 15) is 9.59 Å². The van der Waals surface area contributed by atoms with Crippen molar-refractivity contribution in [1.29, 1.82) is 0 Å². The van der Waals surface area contributed by atoms with Crippen LogP contribution in [0.15, 0.2) is 29.6 Å². The average molecular weight is 258 g/mol. The summed E-state index contributed by atoms with van der Waals surface area (Å²) in [5.41, 5.74) is 0.689. The Morgan fingerprint density at radius 1 is 1.53 bits per heavy atom. The molecule has 0 saturated carbocycles. The number of hydrogen-bond donors (Lipinski definition) is 1. The SMILES string of the molecule is CCOC(=O)c1ncn2c1[nH]c(=O)c1ccncc12. The third-order valence-electron chi connectivity index (χ3n) is 2.77. The van der Waals surface area contributed by atoms with Gasteiger partial charge in [0.2, 0.25) is 0 Å². The highest BCUT2D eigenvalue weighted by Crippen LogP contribution is 2.13. The molecule has 0 unspecified atom stereocenters. The minimum absolute atomic E-state index is 0.0877. The van der Waals surface area contributed by atoms with E-state index in [-0.39, 0.29) is 17.9 Å². The predicted molar refractivity (Wildman–Crippen MR) is 67.1 cm³/mol. The second-order valence-corrected chi connectivity index (χ2v) is 3.88. The van der Waals surface area contributed by atoms with E-state index < -0.39 is 5.97 Å². The van der Waals surface area contributed by atoms with Gasteiger partial charge in [0.05, 0.1) is 23.7 Å². The fraction of sp³-hybridized carbons (Fsp3) is 0.167. The minimum Gasteiger partial charge on any atom is -0.461 e. The summed E-state index contributed by atoms with van der Waals surface area (Å²) < 4.78 is 6.50. The summed E-state index contributed by atoms with van der Waals surface area (Å²) in [6, 6.07) is 1.61. The number of rotatable bonds is 2. The van der Waals surface area contributed by atoms with Gasteiger partial charge >= 0.3 is 5.97 Å². The van der Waals surface area contributed by atoms with E-state index in [0.29, 0.717) is 16.6 Å². The van der Waals surface area contributed by atoms with Crippen molar-refractivity contribution in [2.24, 2.45) is 0 Å². The number of H-pyrrole nitrogens is 1. The summed E-state index contributed by atoms with van der Waals surface area (Å²) in [7, 11) is 0. The molecule has 7 nitrogen and oxygen atoms in total. The third kappa shape index (κ3) is 1.67. The third-order valence-corrected chi connectivity index (χ3v) is 2.77. The number of aromatic nitrogens is 4. The highest BCUT2D eigenvalue weighted by atomic mass is 16.5. The van der Waals surface area contributed by atoms with Crippen molar-refractivity contribution in [3.8, 4) is 0 Å². The number of carbonyl (C=O) groups excluding carboxylic acids is 1. The van der Waals surface area contributed by atoms with Crippen molar-refractivity contribution >= 4 is 22.5 Å². The lowest BCUT2D eigenvalue weighted by molar-refractivity contribution is 0.0522. The zero-order valence-corrected chi connectivity index (χ0v) is 10.1. The molecule has 0 aliphatic carbocycles. The highest BCUT2D eigenvalue weighted by Gasteiger charge is 2.17. The molecule has 96 valence electrons. The van der Waals surface area contributed by atoms with Gasteiger partial charge in [-0.3, -0.25) is 14.2 Å². The number of aromatic amines is 1. The molecule has 0 fully saturated rings. The zero-order valence-electron chi connectivity index (χ0n) is 10.1. The molecule has 0 saturated heterocycles. The van der Waals surface area contributed by atoms with Crippen molar-refractivity contribution in [1.82, 2.24) is 19.4 Å². The van der Waals surface area contributed by atoms with Gasteiger partial charge in [-0.25, -0.2) is 9.78 Å². The second-order valence-electron chi connectivity index (χ2n) is 3.88. The lowest BCUT2D eigenvalue weighted by Gasteiger charge is -2.02. The van der Waals surface area contributed by atoms with E-state index >= 15 is 0 Å². The van der Waals surface area contributed by atoms with Crippen molar-refractivity contribution in [3.63, 3.8) is 0 Å². The summed E-state index contributed by atoms with van der Waals surface area (Å²) in [5.74, 6) is -0.566. The van der Waals surface area contributed by atoms with Crippen LogP contribution >= 0.6 is 0 Å². The van der Waals surface area contributed by atoms with E-state index in [1.165, 1.54) is 12.5 Å². The summed E-state index contributed by atoms with van der Waals surface area (Å²) >= 11 is 0. The maximum absolute atomic E-state index is 11.9. The van der Waals surface area contributed by atoms with Crippen molar-refractivity contribution in [3.05, 3.63) is 40.8 Å². The van der Waals surface area contributed by atoms with Crippen LogP contribution < -0.4 is 5.56 Å². The maximum atomic E-state index is 11.9. The number of esters is 1. The number of nitrogens with one attached hydrogen (secondary N) is 1. The van der Waals surface area contributed by atoms with E-state index in [1.807, 2.05) is 0 Å². The molecule has 0 spiro atoms. The summed E-state index contributed by atoms with van der Waals surface area (Å²) in [5, 5.41) is 0.482. The van der Waals surface area contributed by atoms with Crippen molar-refractivity contribution < 1.29 is 9.53 Å². The van der Waals surface area contributed by atoms with Crippen molar-refractivity contribution in [2.45, 2.75) is 6.92 Å². The first-order valence-electron chi connectivity index (χ1n) is 5.72. The topological polar surface area (TPSA) is 89.3 Å². The molecular formula is C12H10N4O3. The van der Waals surface area contributed by atoms with Gasteiger partial charge in [0, 0.05) is 6.20 Å². The van der Waals surface area contributed by atoms with Gasteiger partial charge in [-0.15, -0.1) is 0 Å². The first-order chi connectivity index (χ1) is 9.22. The molecule has 0 aliphatic rings. The molecular weight excluding hydrogens is 248 g/mol. The Morgan fingerprint density at radius 2 is 2.37 bits per heavy atom. The largest absolute Gasteiger partial charge is 0.461 e. The monoisotopic (exact) mass is 258 g/mol. The number of pyridine rings is 1. The fourth-order valence-corrected chi connectivity index (χ4v) is 1.94. The van der Waals surface area contributed by atoms with E-state index in [4.69, 9.17) is 4.74 Å². The van der Waals surface area contributed by atoms with Crippen LogP contribution in [0.2, 0.25) is 0 Å². The highest BCUT2D eigenvalue weighted by molar-refractivity contribution is 5.95. The van der Waals surface area contributed by atoms with Crippen LogP contribution in [0.25, 0.3) is 16.6 Å². The maximum Gasteiger partial charge on any atom is 0.360 e. The Kier molecular flexibility index (Phi) is 2.52. The van der Waals surface area contributed by atoms with Gasteiger partial charge < -0.3 is 9.72 Å². The minimum atomic E-state index is -0.566. The van der Waals surface area contributed by atoms with Crippen LogP contribution in [0, 0.1) is 0 Å². The van der Waals surface area contributed by atoms with Crippen LogP contribution in [-0.2, 0) is 4.74 Å². The smallest absolute Gasteiger partial charge is 0.360 e. The lowest BCUT2D eigenvalue weighted by Crippen LogP contribution is -2.12. The molecule has 0 atom stereocenters. The molecule has 19 heavy (non-hydrogen) atoms. The summed E-state index contributed by atoms with van der Waals surface area (Å²) in [6.45, 7) is 1.95. The van der Waals surface area contributed by atoms with Gasteiger partial charge in [-0.2, -0.15) is 0 Å². The lowest BCUT2D eigenvalue weighted by atomic mass is 10.3. The van der Waals surface area contributed by atoms with Crippen LogP contribution in [0.5, 0.6) is 0 Å². The number of carbonyl (C=O) groups is 1. The number of hydrogen-bond acceptors (Lipinski definition) is 5. The predicted octanol–water partition coefficient (Wildman–Crippen LogP) is 0.747. The standard InChI is InChI=1S/C12H10N4O3/c1-2-19-12(18)9-10-15-11(17)7-3-4-13-5-8(7)16(10)6-14-9/h3-6H,2H2,1H3,(H,15,17). The molecule has 1 N–H and O–H groups in total. The summed E-state index contributed by atoms with van der Waals surface area (Å²) in [4.78, 5) is 34.3. The Bertz CT molecular complexity index is 834. The van der Waals surface area contributed by atoms with Crippen LogP contribution in [0.4, 0.5) is 0 Å². The molecule has 0 bridgehead atoms. The first kappa shape index (κ1) is 11.4. The van der Waals surface area contributed by atoms with Gasteiger partial charge in [-0.05, 0) is 13.0 Å². The van der Waals surface area contributed by atoms with Crippen LogP contribution in [-0.4, -0.2) is 31.9 Å². The quantitative estimate of drug-likeness (QED) is 0.685. The second kappa shape index (κ2) is 4.20. The number of nitrogens with zero attached hydrogens (tertiary/aromatic N) is 3. The zero-order chi connectivity index (χ0) is 13.4. The molecule has 0 radical (unpaired) electrons. The Labute approximate surface area is 106 Å². The first-order valence-corrected chi connectivity index (χ1v) is 5.72. The van der Waals surface area contributed by atoms with Crippen LogP contribution in [0.1, 0.15) is 17.4 Å². The number of fused-ring (bicyclic) bond motifs is 3. The molecule has 0 aromatic carbocycles. The molecule has 3 heterocycles. The molecule has 3 aromatic rings.